The Balaban J connectivity index is 1.62. The van der Waals surface area contributed by atoms with Crippen molar-refractivity contribution in [2.45, 2.75) is 37.2 Å². The normalized spacial score (nSPS) is 29.7. The molecule has 4 nitrogen and oxygen atoms in total. The Hall–Kier alpha value is -1.88. The first-order valence-corrected chi connectivity index (χ1v) is 11.0. The summed E-state index contributed by atoms with van der Waals surface area (Å²) in [5.41, 5.74) is 1.16. The van der Waals surface area contributed by atoms with Crippen LogP contribution in [0.15, 0.2) is 65.3 Å². The van der Waals surface area contributed by atoms with Crippen LogP contribution >= 0.6 is 0 Å². The first-order valence-electron chi connectivity index (χ1n) is 11.0. The van der Waals surface area contributed by atoms with Crippen molar-refractivity contribution in [1.82, 2.24) is 9.80 Å². The first kappa shape index (κ1) is 20.4. The van der Waals surface area contributed by atoms with Gasteiger partial charge < -0.3 is 19.3 Å². The molecule has 0 radical (unpaired) electrons. The maximum Gasteiger partial charge on any atom is 0.110 e. The molecule has 2 fully saturated rings. The monoisotopic (exact) mass is 394 g/mol. The van der Waals surface area contributed by atoms with Gasteiger partial charge in [-0.2, -0.15) is 0 Å². The third-order valence-corrected chi connectivity index (χ3v) is 6.98. The van der Waals surface area contributed by atoms with Crippen molar-refractivity contribution in [2.75, 3.05) is 39.8 Å². The SMILES string of the molecule is C=C1C(c2ccco2)CCCC(CN2CCN(C)CC2)C1(O)Cc1ccccc1. The molecule has 2 aromatic rings. The van der Waals surface area contributed by atoms with Gasteiger partial charge in [0.2, 0.25) is 0 Å². The van der Waals surface area contributed by atoms with E-state index in [-0.39, 0.29) is 11.8 Å². The third-order valence-electron chi connectivity index (χ3n) is 6.98. The van der Waals surface area contributed by atoms with Crippen LogP contribution < -0.4 is 0 Å². The van der Waals surface area contributed by atoms with Gasteiger partial charge in [-0.1, -0.05) is 43.3 Å². The molecule has 1 aromatic carbocycles. The number of likely N-dealkylation sites (N-methyl/N-ethyl adjacent to an activating group) is 1. The molecule has 4 rings (SSSR count). The topological polar surface area (TPSA) is 39.9 Å². The van der Waals surface area contributed by atoms with Gasteiger partial charge in [0.25, 0.3) is 0 Å². The number of nitrogens with zero attached hydrogens (tertiary/aromatic N) is 2. The predicted octanol–water partition coefficient (Wildman–Crippen LogP) is 3.94. The van der Waals surface area contributed by atoms with E-state index in [2.05, 4.69) is 47.7 Å². The van der Waals surface area contributed by atoms with E-state index in [0.29, 0.717) is 6.42 Å². The fourth-order valence-corrected chi connectivity index (χ4v) is 5.10. The van der Waals surface area contributed by atoms with Crippen LogP contribution in [0.3, 0.4) is 0 Å². The van der Waals surface area contributed by atoms with Crippen molar-refractivity contribution in [3.8, 4) is 0 Å². The first-order chi connectivity index (χ1) is 14.1. The van der Waals surface area contributed by atoms with Crippen molar-refractivity contribution in [2.24, 2.45) is 5.92 Å². The Bertz CT molecular complexity index is 780. The Morgan fingerprint density at radius 3 is 2.52 bits per heavy atom. The Morgan fingerprint density at radius 1 is 1.07 bits per heavy atom. The second-order valence-corrected chi connectivity index (χ2v) is 8.91. The second kappa shape index (κ2) is 8.86. The van der Waals surface area contributed by atoms with Gasteiger partial charge in [0.1, 0.15) is 5.76 Å². The lowest BCUT2D eigenvalue weighted by Crippen LogP contribution is -2.51. The zero-order chi connectivity index (χ0) is 20.3. The highest BCUT2D eigenvalue weighted by molar-refractivity contribution is 5.32. The number of hydrogen-bond acceptors (Lipinski definition) is 4. The molecule has 156 valence electrons. The molecule has 2 heterocycles. The lowest BCUT2D eigenvalue weighted by atomic mass is 9.73. The third kappa shape index (κ3) is 4.50. The number of aliphatic hydroxyl groups is 1. The molecule has 4 heteroatoms. The molecule has 29 heavy (non-hydrogen) atoms. The van der Waals surface area contributed by atoms with Crippen LogP contribution in [0.4, 0.5) is 0 Å². The number of benzene rings is 1. The lowest BCUT2D eigenvalue weighted by molar-refractivity contribution is -0.00842. The summed E-state index contributed by atoms with van der Waals surface area (Å²) < 4.78 is 5.75. The van der Waals surface area contributed by atoms with Gasteiger partial charge in [0, 0.05) is 51.0 Å². The molecule has 1 aliphatic carbocycles. The van der Waals surface area contributed by atoms with Crippen LogP contribution in [0, 0.1) is 5.92 Å². The predicted molar refractivity (Wildman–Crippen MR) is 117 cm³/mol. The molecule has 1 aliphatic heterocycles. The van der Waals surface area contributed by atoms with E-state index in [4.69, 9.17) is 4.42 Å². The molecule has 1 aromatic heterocycles. The van der Waals surface area contributed by atoms with Crippen LogP contribution in [-0.4, -0.2) is 60.3 Å². The van der Waals surface area contributed by atoms with Crippen LogP contribution in [0.1, 0.15) is 36.5 Å². The van der Waals surface area contributed by atoms with Crippen molar-refractivity contribution >= 4 is 0 Å². The van der Waals surface area contributed by atoms with Gasteiger partial charge in [0.05, 0.1) is 11.9 Å². The summed E-state index contributed by atoms with van der Waals surface area (Å²) in [6.07, 6.45) is 5.43. The van der Waals surface area contributed by atoms with Gasteiger partial charge >= 0.3 is 0 Å². The van der Waals surface area contributed by atoms with E-state index in [1.54, 1.807) is 6.26 Å². The van der Waals surface area contributed by atoms with E-state index < -0.39 is 5.60 Å². The molecule has 3 unspecified atom stereocenters. The number of piperazine rings is 1. The highest BCUT2D eigenvalue weighted by Gasteiger charge is 2.45. The Kier molecular flexibility index (Phi) is 6.23. The zero-order valence-corrected chi connectivity index (χ0v) is 17.6. The summed E-state index contributed by atoms with van der Waals surface area (Å²) in [4.78, 5) is 4.91. The van der Waals surface area contributed by atoms with E-state index in [1.807, 2.05) is 18.2 Å². The van der Waals surface area contributed by atoms with Gasteiger partial charge in [0.15, 0.2) is 0 Å². The molecule has 3 atom stereocenters. The molecular formula is C25H34N2O2. The van der Waals surface area contributed by atoms with E-state index in [0.717, 1.165) is 63.3 Å². The maximum atomic E-state index is 12.2. The molecule has 2 aliphatic rings. The minimum atomic E-state index is -0.932. The molecular weight excluding hydrogens is 360 g/mol. The Labute approximate surface area is 174 Å². The fraction of sp³-hybridized carbons (Fsp3) is 0.520. The maximum absolute atomic E-state index is 12.2. The van der Waals surface area contributed by atoms with E-state index in [1.165, 1.54) is 5.56 Å². The second-order valence-electron chi connectivity index (χ2n) is 8.91. The lowest BCUT2D eigenvalue weighted by Gasteiger charge is -2.42. The minimum absolute atomic E-state index is 0.0798. The number of rotatable bonds is 5. The van der Waals surface area contributed by atoms with Crippen molar-refractivity contribution < 1.29 is 9.52 Å². The highest BCUT2D eigenvalue weighted by Crippen LogP contribution is 2.45. The van der Waals surface area contributed by atoms with Crippen molar-refractivity contribution in [1.29, 1.82) is 0 Å². The number of hydrogen-bond donors (Lipinski definition) is 1. The molecule has 1 saturated carbocycles. The summed E-state index contributed by atoms with van der Waals surface area (Å²) in [5.74, 6) is 1.19. The van der Waals surface area contributed by atoms with Gasteiger partial charge in [-0.3, -0.25) is 0 Å². The standard InChI is InChI=1S/C25H34N2O2/c1-20-23(24-12-7-17-29-24)11-6-10-22(19-27-15-13-26(2)14-16-27)25(20,28)18-21-8-4-3-5-9-21/h3-5,7-9,12,17,22-23,28H,1,6,10-11,13-16,18-19H2,2H3. The van der Waals surface area contributed by atoms with Gasteiger partial charge in [-0.25, -0.2) is 0 Å². The van der Waals surface area contributed by atoms with E-state index >= 15 is 0 Å². The van der Waals surface area contributed by atoms with Crippen LogP contribution in [-0.2, 0) is 6.42 Å². The molecule has 0 amide bonds. The molecule has 0 spiro atoms. The fourth-order valence-electron chi connectivity index (χ4n) is 5.10. The summed E-state index contributed by atoms with van der Waals surface area (Å²) in [6, 6.07) is 14.3. The molecule has 0 bridgehead atoms. The van der Waals surface area contributed by atoms with Crippen LogP contribution in [0.25, 0.3) is 0 Å². The molecule has 1 saturated heterocycles. The number of furan rings is 1. The summed E-state index contributed by atoms with van der Waals surface area (Å²) in [7, 11) is 2.19. The summed E-state index contributed by atoms with van der Waals surface area (Å²) in [5, 5.41) is 12.2. The van der Waals surface area contributed by atoms with E-state index in [9.17, 15) is 5.11 Å². The largest absolute Gasteiger partial charge is 0.469 e. The average molecular weight is 395 g/mol. The highest BCUT2D eigenvalue weighted by atomic mass is 16.3. The van der Waals surface area contributed by atoms with Crippen LogP contribution in [0.2, 0.25) is 0 Å². The summed E-state index contributed by atoms with van der Waals surface area (Å²) >= 11 is 0. The quantitative estimate of drug-likeness (QED) is 0.616. The van der Waals surface area contributed by atoms with Crippen LogP contribution in [0.5, 0.6) is 0 Å². The van der Waals surface area contributed by atoms with Crippen molar-refractivity contribution in [3.63, 3.8) is 0 Å². The minimum Gasteiger partial charge on any atom is -0.469 e. The smallest absolute Gasteiger partial charge is 0.110 e. The molecule has 1 N–H and O–H groups in total. The van der Waals surface area contributed by atoms with Gasteiger partial charge in [-0.05, 0) is 43.2 Å². The van der Waals surface area contributed by atoms with Crippen molar-refractivity contribution in [3.05, 3.63) is 72.2 Å². The zero-order valence-electron chi connectivity index (χ0n) is 17.6. The van der Waals surface area contributed by atoms with Gasteiger partial charge in [-0.15, -0.1) is 0 Å². The summed E-state index contributed by atoms with van der Waals surface area (Å²) in [6.45, 7) is 9.75. The average Bonchev–Trinajstić information content (AvgIpc) is 3.23. The Morgan fingerprint density at radius 2 is 1.83 bits per heavy atom.